The largest absolute Gasteiger partial charge is 0.332 e. The number of hydrogen-bond acceptors (Lipinski definition) is 5. The minimum Gasteiger partial charge on any atom is -0.332 e. The van der Waals surface area contributed by atoms with Crippen molar-refractivity contribution >= 4 is 27.3 Å². The maximum Gasteiger partial charge on any atom is 0.254 e. The molecule has 2 aliphatic heterocycles. The van der Waals surface area contributed by atoms with E-state index in [1.807, 2.05) is 13.0 Å². The van der Waals surface area contributed by atoms with Crippen molar-refractivity contribution in [3.63, 3.8) is 0 Å². The summed E-state index contributed by atoms with van der Waals surface area (Å²) in [5.74, 6) is -0.000275. The SMILES string of the molecule is Cc1ccc(C(=O)N2CCN[C@@H]3CS(=O)(=O)C[C@@H]32)cc1NC(=O)C1CC1. The van der Waals surface area contributed by atoms with Gasteiger partial charge in [0.05, 0.1) is 17.5 Å². The molecule has 4 rings (SSSR count). The molecule has 0 aromatic heterocycles. The van der Waals surface area contributed by atoms with Gasteiger partial charge in [-0.1, -0.05) is 6.07 Å². The first-order chi connectivity index (χ1) is 12.3. The van der Waals surface area contributed by atoms with Crippen LogP contribution in [0.5, 0.6) is 0 Å². The second-order valence-corrected chi connectivity index (χ2v) is 9.65. The Bertz CT molecular complexity index is 863. The summed E-state index contributed by atoms with van der Waals surface area (Å²) in [6, 6.07) is 4.74. The molecule has 0 spiro atoms. The van der Waals surface area contributed by atoms with Crippen LogP contribution in [0.15, 0.2) is 18.2 Å². The predicted molar refractivity (Wildman–Crippen MR) is 97.8 cm³/mol. The lowest BCUT2D eigenvalue weighted by atomic mass is 10.0. The Morgan fingerprint density at radius 1 is 1.23 bits per heavy atom. The van der Waals surface area contributed by atoms with Crippen molar-refractivity contribution < 1.29 is 18.0 Å². The van der Waals surface area contributed by atoms with E-state index in [-0.39, 0.29) is 41.3 Å². The number of carbonyl (C=O) groups excluding carboxylic acids is 2. The molecule has 2 N–H and O–H groups in total. The molecule has 1 aromatic carbocycles. The van der Waals surface area contributed by atoms with Gasteiger partial charge in [-0.05, 0) is 37.5 Å². The van der Waals surface area contributed by atoms with Crippen molar-refractivity contribution in [2.45, 2.75) is 31.8 Å². The molecule has 0 radical (unpaired) electrons. The Labute approximate surface area is 153 Å². The van der Waals surface area contributed by atoms with Crippen molar-refractivity contribution in [2.24, 2.45) is 5.92 Å². The molecular formula is C18H23N3O4S. The number of hydrogen-bond donors (Lipinski definition) is 2. The molecule has 3 fully saturated rings. The number of fused-ring (bicyclic) bond motifs is 1. The first-order valence-electron chi connectivity index (χ1n) is 9.00. The molecule has 2 atom stereocenters. The highest BCUT2D eigenvalue weighted by molar-refractivity contribution is 7.91. The zero-order chi connectivity index (χ0) is 18.5. The van der Waals surface area contributed by atoms with Crippen LogP contribution in [0.2, 0.25) is 0 Å². The van der Waals surface area contributed by atoms with E-state index in [1.54, 1.807) is 17.0 Å². The first kappa shape index (κ1) is 17.5. The van der Waals surface area contributed by atoms with E-state index in [4.69, 9.17) is 0 Å². The number of nitrogens with one attached hydrogen (secondary N) is 2. The lowest BCUT2D eigenvalue weighted by Gasteiger charge is -2.37. The highest BCUT2D eigenvalue weighted by Crippen LogP contribution is 2.31. The molecule has 0 unspecified atom stereocenters. The number of piperazine rings is 1. The molecule has 140 valence electrons. The molecule has 8 heteroatoms. The van der Waals surface area contributed by atoms with Crippen LogP contribution in [0.1, 0.15) is 28.8 Å². The van der Waals surface area contributed by atoms with Gasteiger partial charge in [-0.15, -0.1) is 0 Å². The van der Waals surface area contributed by atoms with E-state index < -0.39 is 9.84 Å². The molecule has 1 saturated carbocycles. The van der Waals surface area contributed by atoms with E-state index >= 15 is 0 Å². The summed E-state index contributed by atoms with van der Waals surface area (Å²) in [5, 5.41) is 6.12. The quantitative estimate of drug-likeness (QED) is 0.802. The third-order valence-electron chi connectivity index (χ3n) is 5.43. The van der Waals surface area contributed by atoms with Crippen LogP contribution in [-0.4, -0.2) is 61.8 Å². The standard InChI is InChI=1S/C18H23N3O4S/c1-11-2-3-13(8-14(11)20-17(22)12-4-5-12)18(23)21-7-6-19-15-9-26(24,25)10-16(15)21/h2-3,8,12,15-16,19H,4-7,9-10H2,1H3,(H,20,22)/t15-,16+/m1/s1. The number of aryl methyl sites for hydroxylation is 1. The van der Waals surface area contributed by atoms with Gasteiger partial charge in [0, 0.05) is 36.3 Å². The molecule has 3 aliphatic rings. The van der Waals surface area contributed by atoms with E-state index in [0.717, 1.165) is 18.4 Å². The predicted octanol–water partition coefficient (Wildman–Crippen LogP) is 0.555. The number of amides is 2. The van der Waals surface area contributed by atoms with Gasteiger partial charge < -0.3 is 15.5 Å². The third kappa shape index (κ3) is 3.35. The second kappa shape index (κ2) is 6.35. The molecule has 1 aromatic rings. The van der Waals surface area contributed by atoms with Crippen LogP contribution in [0.25, 0.3) is 0 Å². The molecule has 2 heterocycles. The molecule has 2 amide bonds. The van der Waals surface area contributed by atoms with Crippen LogP contribution < -0.4 is 10.6 Å². The van der Waals surface area contributed by atoms with Crippen molar-refractivity contribution in [3.05, 3.63) is 29.3 Å². The smallest absolute Gasteiger partial charge is 0.254 e. The van der Waals surface area contributed by atoms with Gasteiger partial charge in [0.25, 0.3) is 5.91 Å². The molecule has 26 heavy (non-hydrogen) atoms. The summed E-state index contributed by atoms with van der Waals surface area (Å²) in [4.78, 5) is 26.8. The maximum absolute atomic E-state index is 13.0. The zero-order valence-electron chi connectivity index (χ0n) is 14.7. The van der Waals surface area contributed by atoms with Crippen LogP contribution in [0.4, 0.5) is 5.69 Å². The first-order valence-corrected chi connectivity index (χ1v) is 10.8. The lowest BCUT2D eigenvalue weighted by molar-refractivity contribution is -0.117. The number of anilines is 1. The highest BCUT2D eigenvalue weighted by Gasteiger charge is 2.44. The Hall–Kier alpha value is -1.93. The number of nitrogens with zero attached hydrogens (tertiary/aromatic N) is 1. The van der Waals surface area contributed by atoms with Crippen LogP contribution in [-0.2, 0) is 14.6 Å². The maximum atomic E-state index is 13.0. The highest BCUT2D eigenvalue weighted by atomic mass is 32.2. The fraction of sp³-hybridized carbons (Fsp3) is 0.556. The molecule has 7 nitrogen and oxygen atoms in total. The zero-order valence-corrected chi connectivity index (χ0v) is 15.5. The molecule has 1 aliphatic carbocycles. The summed E-state index contributed by atoms with van der Waals surface area (Å²) in [6.45, 7) is 2.95. The number of carbonyl (C=O) groups is 2. The van der Waals surface area contributed by atoms with Gasteiger partial charge >= 0.3 is 0 Å². The van der Waals surface area contributed by atoms with Gasteiger partial charge in [0.2, 0.25) is 5.91 Å². The van der Waals surface area contributed by atoms with E-state index in [0.29, 0.717) is 24.3 Å². The molecule has 0 bridgehead atoms. The van der Waals surface area contributed by atoms with Crippen molar-refractivity contribution in [1.82, 2.24) is 10.2 Å². The topological polar surface area (TPSA) is 95.6 Å². The Kier molecular flexibility index (Phi) is 4.27. The third-order valence-corrected chi connectivity index (χ3v) is 7.15. The van der Waals surface area contributed by atoms with Crippen molar-refractivity contribution in [3.8, 4) is 0 Å². The van der Waals surface area contributed by atoms with Crippen LogP contribution in [0, 0.1) is 12.8 Å². The fourth-order valence-corrected chi connectivity index (χ4v) is 5.71. The van der Waals surface area contributed by atoms with Gasteiger partial charge in [0.15, 0.2) is 9.84 Å². The van der Waals surface area contributed by atoms with Crippen molar-refractivity contribution in [2.75, 3.05) is 29.9 Å². The Balaban J connectivity index is 1.56. The van der Waals surface area contributed by atoms with E-state index in [1.165, 1.54) is 0 Å². The van der Waals surface area contributed by atoms with Gasteiger partial charge in [-0.25, -0.2) is 8.42 Å². The monoisotopic (exact) mass is 377 g/mol. The Morgan fingerprint density at radius 3 is 2.73 bits per heavy atom. The average molecular weight is 377 g/mol. The summed E-state index contributed by atoms with van der Waals surface area (Å²) in [5.41, 5.74) is 2.03. The second-order valence-electron chi connectivity index (χ2n) is 7.50. The summed E-state index contributed by atoms with van der Waals surface area (Å²) >= 11 is 0. The number of sulfone groups is 1. The molecule has 2 saturated heterocycles. The van der Waals surface area contributed by atoms with Gasteiger partial charge in [-0.2, -0.15) is 0 Å². The number of benzene rings is 1. The Morgan fingerprint density at radius 2 is 2.00 bits per heavy atom. The summed E-state index contributed by atoms with van der Waals surface area (Å²) in [6.07, 6.45) is 1.84. The fourth-order valence-electron chi connectivity index (χ4n) is 3.76. The van der Waals surface area contributed by atoms with Gasteiger partial charge in [-0.3, -0.25) is 9.59 Å². The summed E-state index contributed by atoms with van der Waals surface area (Å²) < 4.78 is 23.9. The average Bonchev–Trinajstić information content (AvgIpc) is 3.38. The van der Waals surface area contributed by atoms with Crippen LogP contribution >= 0.6 is 0 Å². The minimum atomic E-state index is -3.12. The normalized spacial score (nSPS) is 27.0. The van der Waals surface area contributed by atoms with Crippen LogP contribution in [0.3, 0.4) is 0 Å². The summed E-state index contributed by atoms with van der Waals surface area (Å²) in [7, 11) is -3.12. The molecular weight excluding hydrogens is 354 g/mol. The number of rotatable bonds is 3. The lowest BCUT2D eigenvalue weighted by Crippen LogP contribution is -2.59. The van der Waals surface area contributed by atoms with Crippen molar-refractivity contribution in [1.29, 1.82) is 0 Å². The van der Waals surface area contributed by atoms with Gasteiger partial charge in [0.1, 0.15) is 0 Å². The minimum absolute atomic E-state index is 0.00169. The van der Waals surface area contributed by atoms with E-state index in [9.17, 15) is 18.0 Å². The van der Waals surface area contributed by atoms with E-state index in [2.05, 4.69) is 10.6 Å².